The van der Waals surface area contributed by atoms with Crippen molar-refractivity contribution in [1.29, 1.82) is 0 Å². The summed E-state index contributed by atoms with van der Waals surface area (Å²) >= 11 is 0. The van der Waals surface area contributed by atoms with E-state index >= 15 is 0 Å². The van der Waals surface area contributed by atoms with E-state index < -0.39 is 6.10 Å². The molecule has 0 saturated carbocycles. The van der Waals surface area contributed by atoms with Gasteiger partial charge in [0.25, 0.3) is 0 Å². The number of aromatic nitrogens is 4. The zero-order valence-corrected chi connectivity index (χ0v) is 8.89. The average Bonchev–Trinajstić information content (AvgIpc) is 2.75. The quantitative estimate of drug-likeness (QED) is 0.665. The number of hydrogen-bond donors (Lipinski definition) is 2. The van der Waals surface area contributed by atoms with Crippen LogP contribution in [0, 0.1) is 0 Å². The van der Waals surface area contributed by atoms with Crippen LogP contribution in [0.3, 0.4) is 0 Å². The van der Waals surface area contributed by atoms with E-state index in [2.05, 4.69) is 15.0 Å². The van der Waals surface area contributed by atoms with E-state index in [1.54, 1.807) is 23.0 Å². The molecule has 0 saturated heterocycles. The summed E-state index contributed by atoms with van der Waals surface area (Å²) in [7, 11) is 0. The Balaban J connectivity index is 2.07. The van der Waals surface area contributed by atoms with Crippen LogP contribution in [0.5, 0.6) is 0 Å². The summed E-state index contributed by atoms with van der Waals surface area (Å²) in [5.41, 5.74) is 6.86. The number of anilines is 1. The predicted molar refractivity (Wildman–Crippen MR) is 59.9 cm³/mol. The number of imidazole rings is 1. The lowest BCUT2D eigenvalue weighted by molar-refractivity contribution is -0.0165. The van der Waals surface area contributed by atoms with E-state index in [0.717, 1.165) is 0 Å². The van der Waals surface area contributed by atoms with Crippen LogP contribution in [0.1, 0.15) is 6.23 Å². The molecule has 0 unspecified atom stereocenters. The number of hydrogen-bond acceptors (Lipinski definition) is 6. The third kappa shape index (κ3) is 1.65. The SMILES string of the molecule is Nc1ncnc2c1ncn2[C@@H]1C=C[C@H](O)CO1. The first-order valence-electron chi connectivity index (χ1n) is 5.16. The summed E-state index contributed by atoms with van der Waals surface area (Å²) in [5, 5.41) is 9.30. The smallest absolute Gasteiger partial charge is 0.167 e. The lowest BCUT2D eigenvalue weighted by atomic mass is 10.3. The molecule has 0 bridgehead atoms. The molecule has 7 nitrogen and oxygen atoms in total. The first-order valence-corrected chi connectivity index (χ1v) is 5.16. The molecule has 3 N–H and O–H groups in total. The van der Waals surface area contributed by atoms with Crippen molar-refractivity contribution >= 4 is 17.0 Å². The normalized spacial score (nSPS) is 24.3. The Hall–Kier alpha value is -1.99. The highest BCUT2D eigenvalue weighted by atomic mass is 16.5. The number of aliphatic hydroxyl groups is 1. The molecular weight excluding hydrogens is 222 g/mol. The van der Waals surface area contributed by atoms with Gasteiger partial charge in [-0.05, 0) is 6.08 Å². The third-order valence-electron chi connectivity index (χ3n) is 2.60. The standard InChI is InChI=1S/C10H11N5O2/c11-9-8-10(13-4-12-9)15(5-14-8)7-2-1-6(16)3-17-7/h1-2,4-7,16H,3H2,(H2,11,12,13)/t6-,7-/m0/s1. The molecule has 2 aromatic rings. The molecule has 2 aromatic heterocycles. The van der Waals surface area contributed by atoms with Crippen LogP contribution < -0.4 is 5.73 Å². The van der Waals surface area contributed by atoms with Crippen LogP contribution in [0.4, 0.5) is 5.82 Å². The average molecular weight is 233 g/mol. The van der Waals surface area contributed by atoms with Gasteiger partial charge in [0.05, 0.1) is 19.0 Å². The van der Waals surface area contributed by atoms with Gasteiger partial charge in [0, 0.05) is 0 Å². The Morgan fingerprint density at radius 1 is 1.35 bits per heavy atom. The van der Waals surface area contributed by atoms with Crippen LogP contribution in [0.15, 0.2) is 24.8 Å². The van der Waals surface area contributed by atoms with Gasteiger partial charge in [-0.3, -0.25) is 4.57 Å². The number of rotatable bonds is 1. The van der Waals surface area contributed by atoms with Gasteiger partial charge in [-0.1, -0.05) is 6.08 Å². The highest BCUT2D eigenvalue weighted by Crippen LogP contribution is 2.22. The fraction of sp³-hybridized carbons (Fsp3) is 0.300. The summed E-state index contributed by atoms with van der Waals surface area (Å²) in [4.78, 5) is 12.1. The molecule has 17 heavy (non-hydrogen) atoms. The van der Waals surface area contributed by atoms with Gasteiger partial charge >= 0.3 is 0 Å². The highest BCUT2D eigenvalue weighted by Gasteiger charge is 2.18. The largest absolute Gasteiger partial charge is 0.387 e. The lowest BCUT2D eigenvalue weighted by Gasteiger charge is -2.21. The van der Waals surface area contributed by atoms with Gasteiger partial charge in [0.2, 0.25) is 0 Å². The molecule has 0 amide bonds. The number of nitrogen functional groups attached to an aromatic ring is 1. The van der Waals surface area contributed by atoms with E-state index in [4.69, 9.17) is 10.5 Å². The maximum Gasteiger partial charge on any atom is 0.167 e. The fourth-order valence-corrected chi connectivity index (χ4v) is 1.76. The minimum absolute atomic E-state index is 0.251. The zero-order chi connectivity index (χ0) is 11.8. The van der Waals surface area contributed by atoms with Gasteiger partial charge in [-0.25, -0.2) is 15.0 Å². The summed E-state index contributed by atoms with van der Waals surface area (Å²) in [6, 6.07) is 0. The molecule has 1 aliphatic rings. The third-order valence-corrected chi connectivity index (χ3v) is 2.60. The maximum absolute atomic E-state index is 9.30. The Bertz CT molecular complexity index is 579. The molecule has 3 heterocycles. The fourth-order valence-electron chi connectivity index (χ4n) is 1.76. The van der Waals surface area contributed by atoms with Crippen LogP contribution in [0.25, 0.3) is 11.2 Å². The molecule has 7 heteroatoms. The molecule has 3 rings (SSSR count). The van der Waals surface area contributed by atoms with E-state index in [1.807, 2.05) is 0 Å². The molecule has 88 valence electrons. The number of fused-ring (bicyclic) bond motifs is 1. The van der Waals surface area contributed by atoms with Gasteiger partial charge in [-0.2, -0.15) is 0 Å². The number of nitrogens with zero attached hydrogens (tertiary/aromatic N) is 4. The molecule has 0 fully saturated rings. The number of ether oxygens (including phenoxy) is 1. The Morgan fingerprint density at radius 2 is 2.24 bits per heavy atom. The van der Waals surface area contributed by atoms with Crippen molar-refractivity contribution in [2.45, 2.75) is 12.3 Å². The van der Waals surface area contributed by atoms with Crippen LogP contribution in [0.2, 0.25) is 0 Å². The summed E-state index contributed by atoms with van der Waals surface area (Å²) in [5.74, 6) is 0.341. The van der Waals surface area contributed by atoms with Gasteiger partial charge in [0.15, 0.2) is 17.7 Å². The molecule has 0 aromatic carbocycles. The first-order chi connectivity index (χ1) is 8.25. The van der Waals surface area contributed by atoms with E-state index in [9.17, 15) is 5.11 Å². The minimum atomic E-state index is -0.555. The van der Waals surface area contributed by atoms with Crippen molar-refractivity contribution in [3.8, 4) is 0 Å². The molecule has 2 atom stereocenters. The second-order valence-electron chi connectivity index (χ2n) is 3.76. The zero-order valence-electron chi connectivity index (χ0n) is 8.89. The van der Waals surface area contributed by atoms with Crippen molar-refractivity contribution in [2.24, 2.45) is 0 Å². The Kier molecular flexibility index (Phi) is 2.27. The van der Waals surface area contributed by atoms with Crippen molar-refractivity contribution < 1.29 is 9.84 Å². The van der Waals surface area contributed by atoms with Crippen molar-refractivity contribution in [3.05, 3.63) is 24.8 Å². The Morgan fingerprint density at radius 3 is 3.00 bits per heavy atom. The van der Waals surface area contributed by atoms with Crippen LogP contribution in [-0.2, 0) is 4.74 Å². The second kappa shape index (κ2) is 3.79. The molecule has 1 aliphatic heterocycles. The van der Waals surface area contributed by atoms with Crippen molar-refractivity contribution in [2.75, 3.05) is 12.3 Å². The monoisotopic (exact) mass is 233 g/mol. The van der Waals surface area contributed by atoms with E-state index in [1.165, 1.54) is 6.33 Å². The summed E-state index contributed by atoms with van der Waals surface area (Å²) in [6.07, 6.45) is 5.55. The Labute approximate surface area is 96.6 Å². The molecule has 0 spiro atoms. The maximum atomic E-state index is 9.30. The second-order valence-corrected chi connectivity index (χ2v) is 3.76. The molecule has 0 radical (unpaired) electrons. The topological polar surface area (TPSA) is 99.1 Å². The molecule has 0 aliphatic carbocycles. The predicted octanol–water partition coefficient (Wildman–Crippen LogP) is -0.146. The number of aliphatic hydroxyl groups excluding tert-OH is 1. The lowest BCUT2D eigenvalue weighted by Crippen LogP contribution is -2.22. The van der Waals surface area contributed by atoms with Crippen molar-refractivity contribution in [3.63, 3.8) is 0 Å². The van der Waals surface area contributed by atoms with Crippen LogP contribution >= 0.6 is 0 Å². The van der Waals surface area contributed by atoms with Crippen molar-refractivity contribution in [1.82, 2.24) is 19.5 Å². The summed E-state index contributed by atoms with van der Waals surface area (Å²) < 4.78 is 7.21. The van der Waals surface area contributed by atoms with Gasteiger partial charge in [0.1, 0.15) is 11.8 Å². The van der Waals surface area contributed by atoms with Gasteiger partial charge < -0.3 is 15.6 Å². The molecular formula is C10H11N5O2. The number of nitrogens with two attached hydrogens (primary N) is 1. The summed E-state index contributed by atoms with van der Waals surface area (Å²) in [6.45, 7) is 0.251. The first kappa shape index (κ1) is 10.2. The van der Waals surface area contributed by atoms with Crippen LogP contribution in [-0.4, -0.2) is 37.3 Å². The minimum Gasteiger partial charge on any atom is -0.387 e. The highest BCUT2D eigenvalue weighted by molar-refractivity contribution is 5.81. The van der Waals surface area contributed by atoms with Gasteiger partial charge in [-0.15, -0.1) is 0 Å². The van der Waals surface area contributed by atoms with E-state index in [-0.39, 0.29) is 12.8 Å². The van der Waals surface area contributed by atoms with E-state index in [0.29, 0.717) is 17.0 Å².